The molecule has 0 aliphatic rings. The van der Waals surface area contributed by atoms with Crippen molar-refractivity contribution in [2.75, 3.05) is 19.7 Å². The first-order valence-electron chi connectivity index (χ1n) is 9.42. The molecule has 0 heterocycles. The van der Waals surface area contributed by atoms with Crippen molar-refractivity contribution in [1.29, 1.82) is 0 Å². The zero-order valence-electron chi connectivity index (χ0n) is 16.6. The summed E-state index contributed by atoms with van der Waals surface area (Å²) in [4.78, 5) is 26.7. The van der Waals surface area contributed by atoms with Crippen LogP contribution in [0.2, 0.25) is 5.02 Å². The second-order valence-electron chi connectivity index (χ2n) is 6.59. The van der Waals surface area contributed by atoms with E-state index >= 15 is 0 Å². The second-order valence-corrected chi connectivity index (χ2v) is 7.00. The molecule has 0 spiro atoms. The highest BCUT2D eigenvalue weighted by atomic mass is 35.5. The van der Waals surface area contributed by atoms with Crippen molar-refractivity contribution in [3.63, 3.8) is 0 Å². The molecule has 0 saturated heterocycles. The Labute approximate surface area is 171 Å². The van der Waals surface area contributed by atoms with E-state index in [1.165, 1.54) is 0 Å². The van der Waals surface area contributed by atoms with E-state index in [4.69, 9.17) is 16.3 Å². The number of nitrogens with one attached hydrogen (secondary N) is 1. The van der Waals surface area contributed by atoms with Crippen molar-refractivity contribution in [3.05, 3.63) is 64.7 Å². The number of amides is 2. The molecule has 28 heavy (non-hydrogen) atoms. The van der Waals surface area contributed by atoms with Crippen LogP contribution in [0.25, 0.3) is 0 Å². The first kappa shape index (κ1) is 21.8. The molecule has 1 unspecified atom stereocenters. The quantitative estimate of drug-likeness (QED) is 0.696. The Morgan fingerprint density at radius 1 is 1.18 bits per heavy atom. The predicted molar refractivity (Wildman–Crippen MR) is 112 cm³/mol. The van der Waals surface area contributed by atoms with Gasteiger partial charge < -0.3 is 15.0 Å². The van der Waals surface area contributed by atoms with Crippen LogP contribution in [0.4, 0.5) is 0 Å². The van der Waals surface area contributed by atoms with Crippen molar-refractivity contribution in [1.82, 2.24) is 10.2 Å². The van der Waals surface area contributed by atoms with Gasteiger partial charge in [-0.15, -0.1) is 0 Å². The topological polar surface area (TPSA) is 58.6 Å². The van der Waals surface area contributed by atoms with Crippen molar-refractivity contribution < 1.29 is 14.3 Å². The van der Waals surface area contributed by atoms with Crippen molar-refractivity contribution >= 4 is 23.4 Å². The minimum atomic E-state index is -0.577. The summed E-state index contributed by atoms with van der Waals surface area (Å²) in [7, 11) is 0. The van der Waals surface area contributed by atoms with Gasteiger partial charge in [0.2, 0.25) is 5.91 Å². The third-order valence-electron chi connectivity index (χ3n) is 4.49. The molecule has 2 aromatic rings. The summed E-state index contributed by atoms with van der Waals surface area (Å²) in [6.07, 6.45) is 0.663. The van der Waals surface area contributed by atoms with E-state index in [-0.39, 0.29) is 18.4 Å². The lowest BCUT2D eigenvalue weighted by Crippen LogP contribution is -2.50. The minimum absolute atomic E-state index is 0.139. The lowest BCUT2D eigenvalue weighted by atomic mass is 10.1. The second kappa shape index (κ2) is 10.7. The smallest absolute Gasteiger partial charge is 0.261 e. The molecule has 5 nitrogen and oxygen atoms in total. The normalized spacial score (nSPS) is 11.6. The van der Waals surface area contributed by atoms with Gasteiger partial charge in [0.1, 0.15) is 11.8 Å². The highest BCUT2D eigenvalue weighted by Crippen LogP contribution is 2.21. The Hall–Kier alpha value is -2.53. The van der Waals surface area contributed by atoms with Gasteiger partial charge in [-0.1, -0.05) is 41.9 Å². The lowest BCUT2D eigenvalue weighted by Gasteiger charge is -2.28. The van der Waals surface area contributed by atoms with E-state index in [1.807, 2.05) is 44.2 Å². The van der Waals surface area contributed by atoms with E-state index < -0.39 is 6.04 Å². The predicted octanol–water partition coefficient (Wildman–Crippen LogP) is 3.62. The van der Waals surface area contributed by atoms with Crippen LogP contribution < -0.4 is 10.1 Å². The molecule has 2 aromatic carbocycles. The molecular formula is C22H27ClN2O3. The van der Waals surface area contributed by atoms with E-state index in [0.29, 0.717) is 30.3 Å². The zero-order valence-corrected chi connectivity index (χ0v) is 17.3. The van der Waals surface area contributed by atoms with Crippen LogP contribution in [-0.4, -0.2) is 42.5 Å². The standard InChI is InChI=1S/C22H27ClN2O3/c1-4-24-22(27)17(3)25(13-12-18-8-6-5-7-9-18)21(26)15-28-19-10-11-20(23)16(2)14-19/h5-11,14,17H,4,12-13,15H2,1-3H3,(H,24,27). The average Bonchev–Trinajstić information content (AvgIpc) is 2.69. The van der Waals surface area contributed by atoms with Gasteiger partial charge in [0, 0.05) is 18.1 Å². The van der Waals surface area contributed by atoms with Crippen LogP contribution in [0.1, 0.15) is 25.0 Å². The Morgan fingerprint density at radius 2 is 1.89 bits per heavy atom. The highest BCUT2D eigenvalue weighted by Gasteiger charge is 2.25. The molecule has 150 valence electrons. The first-order chi connectivity index (χ1) is 13.4. The van der Waals surface area contributed by atoms with Crippen molar-refractivity contribution in [2.45, 2.75) is 33.2 Å². The fourth-order valence-corrected chi connectivity index (χ4v) is 2.94. The number of carbonyl (C=O) groups excluding carboxylic acids is 2. The van der Waals surface area contributed by atoms with Gasteiger partial charge in [-0.3, -0.25) is 9.59 Å². The fraction of sp³-hybridized carbons (Fsp3) is 0.364. The molecule has 0 radical (unpaired) electrons. The van der Waals surface area contributed by atoms with Crippen LogP contribution in [0, 0.1) is 6.92 Å². The average molecular weight is 403 g/mol. The zero-order chi connectivity index (χ0) is 20.5. The van der Waals surface area contributed by atoms with Gasteiger partial charge in [-0.25, -0.2) is 0 Å². The number of rotatable bonds is 9. The molecular weight excluding hydrogens is 376 g/mol. The van der Waals surface area contributed by atoms with Crippen LogP contribution in [0.15, 0.2) is 48.5 Å². The summed E-state index contributed by atoms with van der Waals surface area (Å²) < 4.78 is 5.64. The molecule has 1 atom stereocenters. The van der Waals surface area contributed by atoms with Crippen LogP contribution >= 0.6 is 11.6 Å². The summed E-state index contributed by atoms with van der Waals surface area (Å²) in [6.45, 7) is 6.28. The number of likely N-dealkylation sites (N-methyl/N-ethyl adjacent to an activating group) is 1. The number of halogens is 1. The number of ether oxygens (including phenoxy) is 1. The van der Waals surface area contributed by atoms with Gasteiger partial charge in [0.15, 0.2) is 6.61 Å². The van der Waals surface area contributed by atoms with E-state index in [0.717, 1.165) is 11.1 Å². The Kier molecular flexibility index (Phi) is 8.33. The summed E-state index contributed by atoms with van der Waals surface area (Å²) >= 11 is 6.02. The molecule has 6 heteroatoms. The van der Waals surface area contributed by atoms with Crippen molar-refractivity contribution in [3.8, 4) is 5.75 Å². The number of hydrogen-bond acceptors (Lipinski definition) is 3. The molecule has 0 saturated carbocycles. The Balaban J connectivity index is 2.06. The SMILES string of the molecule is CCNC(=O)C(C)N(CCc1ccccc1)C(=O)COc1ccc(Cl)c(C)c1. The van der Waals surface area contributed by atoms with Crippen molar-refractivity contribution in [2.24, 2.45) is 0 Å². The van der Waals surface area contributed by atoms with Crippen LogP contribution in [0.5, 0.6) is 5.75 Å². The van der Waals surface area contributed by atoms with Gasteiger partial charge in [-0.2, -0.15) is 0 Å². The number of benzene rings is 2. The first-order valence-corrected chi connectivity index (χ1v) is 9.80. The van der Waals surface area contributed by atoms with Gasteiger partial charge >= 0.3 is 0 Å². The van der Waals surface area contributed by atoms with Crippen LogP contribution in [0.3, 0.4) is 0 Å². The third kappa shape index (κ3) is 6.27. The Morgan fingerprint density at radius 3 is 2.54 bits per heavy atom. The number of aryl methyl sites for hydroxylation is 1. The summed E-state index contributed by atoms with van der Waals surface area (Å²) in [5.74, 6) is 0.164. The molecule has 1 N–H and O–H groups in total. The van der Waals surface area contributed by atoms with Gasteiger partial charge in [-0.05, 0) is 56.5 Å². The maximum atomic E-state index is 12.8. The van der Waals surface area contributed by atoms with Crippen LogP contribution in [-0.2, 0) is 16.0 Å². The number of nitrogens with zero attached hydrogens (tertiary/aromatic N) is 1. The number of carbonyl (C=O) groups is 2. The summed E-state index contributed by atoms with van der Waals surface area (Å²) in [6, 6.07) is 14.6. The summed E-state index contributed by atoms with van der Waals surface area (Å²) in [5, 5.41) is 3.42. The lowest BCUT2D eigenvalue weighted by molar-refractivity contribution is -0.141. The minimum Gasteiger partial charge on any atom is -0.484 e. The van der Waals surface area contributed by atoms with E-state index in [1.54, 1.807) is 30.0 Å². The maximum absolute atomic E-state index is 12.8. The molecule has 0 aromatic heterocycles. The largest absolute Gasteiger partial charge is 0.484 e. The third-order valence-corrected chi connectivity index (χ3v) is 4.92. The molecule has 0 bridgehead atoms. The molecule has 2 amide bonds. The number of hydrogen-bond donors (Lipinski definition) is 1. The molecule has 0 fully saturated rings. The fourth-order valence-electron chi connectivity index (χ4n) is 2.83. The van der Waals surface area contributed by atoms with E-state index in [9.17, 15) is 9.59 Å². The highest BCUT2D eigenvalue weighted by molar-refractivity contribution is 6.31. The van der Waals surface area contributed by atoms with Gasteiger partial charge in [0.25, 0.3) is 5.91 Å². The van der Waals surface area contributed by atoms with Gasteiger partial charge in [0.05, 0.1) is 0 Å². The molecule has 0 aliphatic carbocycles. The molecule has 2 rings (SSSR count). The Bertz CT molecular complexity index is 796. The maximum Gasteiger partial charge on any atom is 0.261 e. The molecule has 0 aliphatic heterocycles. The van der Waals surface area contributed by atoms with E-state index in [2.05, 4.69) is 5.32 Å². The summed E-state index contributed by atoms with van der Waals surface area (Å²) in [5.41, 5.74) is 1.99. The monoisotopic (exact) mass is 402 g/mol.